The number of rotatable bonds is 4. The topological polar surface area (TPSA) is 68.3 Å². The molecule has 4 rings (SSSR count). The first-order chi connectivity index (χ1) is 13.5. The highest BCUT2D eigenvalue weighted by Gasteiger charge is 2.20. The van der Waals surface area contributed by atoms with Crippen LogP contribution >= 0.6 is 0 Å². The van der Waals surface area contributed by atoms with Crippen LogP contribution < -0.4 is 5.56 Å². The van der Waals surface area contributed by atoms with E-state index in [4.69, 9.17) is 4.42 Å². The Hall–Kier alpha value is -3.41. The Balaban J connectivity index is 1.61. The van der Waals surface area contributed by atoms with Gasteiger partial charge in [-0.3, -0.25) is 14.2 Å². The molecule has 2 heterocycles. The van der Waals surface area contributed by atoms with Gasteiger partial charge >= 0.3 is 0 Å². The number of hydrogen-bond acceptors (Lipinski definition) is 4. The quantitative estimate of drug-likeness (QED) is 0.546. The van der Waals surface area contributed by atoms with Crippen molar-refractivity contribution >= 4 is 28.0 Å². The molecule has 0 saturated carbocycles. The van der Waals surface area contributed by atoms with E-state index in [1.165, 1.54) is 16.5 Å². The number of aromatic nitrogens is 2. The average molecular weight is 375 g/mol. The Labute approximate surface area is 162 Å². The molecule has 0 radical (unpaired) electrons. The Morgan fingerprint density at radius 2 is 1.89 bits per heavy atom. The number of furan rings is 1. The number of carbonyl (C=O) groups excluding carboxylic acids is 1. The molecule has 0 aliphatic rings. The standard InChI is InChI=1S/C22H21N3O3/c1-14-8-10-16(11-9-14)15(2)24(3)19(26)12-25-13-23-20-17-6-4-5-7-18(17)28-21(20)22(25)27/h4-11,13,15H,12H2,1-3H3. The van der Waals surface area contributed by atoms with E-state index in [9.17, 15) is 9.59 Å². The van der Waals surface area contributed by atoms with Crippen molar-refractivity contribution < 1.29 is 9.21 Å². The molecule has 6 nitrogen and oxygen atoms in total. The molecule has 142 valence electrons. The van der Waals surface area contributed by atoms with Crippen LogP contribution in [0.25, 0.3) is 22.1 Å². The van der Waals surface area contributed by atoms with Crippen molar-refractivity contribution in [2.75, 3.05) is 7.05 Å². The van der Waals surface area contributed by atoms with Crippen LogP contribution in [0.4, 0.5) is 0 Å². The van der Waals surface area contributed by atoms with Gasteiger partial charge in [0.2, 0.25) is 11.5 Å². The predicted molar refractivity (Wildman–Crippen MR) is 108 cm³/mol. The Morgan fingerprint density at radius 1 is 1.18 bits per heavy atom. The minimum atomic E-state index is -0.356. The van der Waals surface area contributed by atoms with Crippen molar-refractivity contribution in [3.8, 4) is 0 Å². The average Bonchev–Trinajstić information content (AvgIpc) is 3.09. The van der Waals surface area contributed by atoms with E-state index in [0.717, 1.165) is 10.9 Å². The first-order valence-corrected chi connectivity index (χ1v) is 9.14. The summed E-state index contributed by atoms with van der Waals surface area (Å²) >= 11 is 0. The van der Waals surface area contributed by atoms with E-state index in [0.29, 0.717) is 11.1 Å². The van der Waals surface area contributed by atoms with Gasteiger partial charge < -0.3 is 9.32 Å². The van der Waals surface area contributed by atoms with Gasteiger partial charge in [0.25, 0.3) is 5.56 Å². The summed E-state index contributed by atoms with van der Waals surface area (Å²) in [6, 6.07) is 15.3. The fourth-order valence-corrected chi connectivity index (χ4v) is 3.27. The van der Waals surface area contributed by atoms with Gasteiger partial charge in [-0.05, 0) is 31.5 Å². The fraction of sp³-hybridized carbons (Fsp3) is 0.227. The molecule has 0 bridgehead atoms. The third-order valence-electron chi connectivity index (χ3n) is 5.19. The van der Waals surface area contributed by atoms with Crippen molar-refractivity contribution in [1.29, 1.82) is 0 Å². The van der Waals surface area contributed by atoms with Gasteiger partial charge in [0.05, 0.1) is 12.4 Å². The van der Waals surface area contributed by atoms with E-state index >= 15 is 0 Å². The van der Waals surface area contributed by atoms with Gasteiger partial charge in [-0.1, -0.05) is 42.0 Å². The second-order valence-corrected chi connectivity index (χ2v) is 7.04. The number of likely N-dealkylation sites (N-methyl/N-ethyl adjacent to an activating group) is 1. The molecule has 1 atom stereocenters. The molecule has 0 saturated heterocycles. The highest BCUT2D eigenvalue weighted by atomic mass is 16.3. The number of para-hydroxylation sites is 1. The summed E-state index contributed by atoms with van der Waals surface area (Å²) in [7, 11) is 1.74. The predicted octanol–water partition coefficient (Wildman–Crippen LogP) is 3.67. The summed E-state index contributed by atoms with van der Waals surface area (Å²) in [5.74, 6) is -0.174. The summed E-state index contributed by atoms with van der Waals surface area (Å²) in [6.45, 7) is 3.90. The summed E-state index contributed by atoms with van der Waals surface area (Å²) in [5.41, 5.74) is 3.15. The smallest absolute Gasteiger partial charge is 0.297 e. The molecule has 2 aromatic heterocycles. The summed E-state index contributed by atoms with van der Waals surface area (Å²) in [4.78, 5) is 31.5. The lowest BCUT2D eigenvalue weighted by Crippen LogP contribution is -2.35. The Morgan fingerprint density at radius 3 is 2.64 bits per heavy atom. The SMILES string of the molecule is Cc1ccc(C(C)N(C)C(=O)Cn2cnc3c(oc4ccccc43)c2=O)cc1. The second kappa shape index (κ2) is 6.96. The van der Waals surface area contributed by atoms with Crippen molar-refractivity contribution in [2.24, 2.45) is 0 Å². The van der Waals surface area contributed by atoms with Crippen LogP contribution in [0.5, 0.6) is 0 Å². The van der Waals surface area contributed by atoms with Gasteiger partial charge in [-0.15, -0.1) is 0 Å². The molecular weight excluding hydrogens is 354 g/mol. The van der Waals surface area contributed by atoms with Gasteiger partial charge in [0, 0.05) is 12.4 Å². The zero-order chi connectivity index (χ0) is 19.8. The number of hydrogen-bond donors (Lipinski definition) is 0. The molecular formula is C22H21N3O3. The molecule has 28 heavy (non-hydrogen) atoms. The molecule has 1 unspecified atom stereocenters. The molecule has 0 N–H and O–H groups in total. The molecule has 0 aliphatic carbocycles. The van der Waals surface area contributed by atoms with Crippen LogP contribution in [0.1, 0.15) is 24.1 Å². The molecule has 0 fully saturated rings. The van der Waals surface area contributed by atoms with Crippen molar-refractivity contribution in [3.05, 3.63) is 76.3 Å². The van der Waals surface area contributed by atoms with Gasteiger partial charge in [0.15, 0.2) is 0 Å². The lowest BCUT2D eigenvalue weighted by Gasteiger charge is -2.25. The molecule has 2 aromatic carbocycles. The number of amides is 1. The Bertz CT molecular complexity index is 1220. The third-order valence-corrected chi connectivity index (χ3v) is 5.19. The molecule has 6 heteroatoms. The number of benzene rings is 2. The Kier molecular flexibility index (Phi) is 4.47. The van der Waals surface area contributed by atoms with Gasteiger partial charge in [0.1, 0.15) is 17.6 Å². The maximum Gasteiger partial charge on any atom is 0.297 e. The van der Waals surface area contributed by atoms with Crippen molar-refractivity contribution in [1.82, 2.24) is 14.5 Å². The van der Waals surface area contributed by atoms with Crippen LogP contribution in [0, 0.1) is 6.92 Å². The molecule has 0 aliphatic heterocycles. The lowest BCUT2D eigenvalue weighted by atomic mass is 10.1. The number of carbonyl (C=O) groups is 1. The largest absolute Gasteiger partial charge is 0.448 e. The summed E-state index contributed by atoms with van der Waals surface area (Å²) < 4.78 is 6.97. The van der Waals surface area contributed by atoms with E-state index in [2.05, 4.69) is 4.98 Å². The number of fused-ring (bicyclic) bond motifs is 3. The van der Waals surface area contributed by atoms with Crippen LogP contribution in [0.3, 0.4) is 0 Å². The van der Waals surface area contributed by atoms with Crippen LogP contribution in [-0.2, 0) is 11.3 Å². The van der Waals surface area contributed by atoms with Gasteiger partial charge in [-0.2, -0.15) is 0 Å². The summed E-state index contributed by atoms with van der Waals surface area (Å²) in [5, 5.41) is 0.790. The molecule has 1 amide bonds. The first kappa shape index (κ1) is 18.0. The highest BCUT2D eigenvalue weighted by Crippen LogP contribution is 2.24. The maximum absolute atomic E-state index is 12.8. The van der Waals surface area contributed by atoms with E-state index < -0.39 is 0 Å². The van der Waals surface area contributed by atoms with E-state index in [-0.39, 0.29) is 29.6 Å². The van der Waals surface area contributed by atoms with Crippen LogP contribution in [-0.4, -0.2) is 27.4 Å². The lowest BCUT2D eigenvalue weighted by molar-refractivity contribution is -0.132. The maximum atomic E-state index is 12.8. The first-order valence-electron chi connectivity index (χ1n) is 9.14. The molecule has 0 spiro atoms. The zero-order valence-corrected chi connectivity index (χ0v) is 16.0. The zero-order valence-electron chi connectivity index (χ0n) is 16.0. The monoisotopic (exact) mass is 375 g/mol. The second-order valence-electron chi connectivity index (χ2n) is 7.04. The third kappa shape index (κ3) is 3.07. The highest BCUT2D eigenvalue weighted by molar-refractivity contribution is 6.01. The number of nitrogens with zero attached hydrogens (tertiary/aromatic N) is 3. The van der Waals surface area contributed by atoms with Crippen molar-refractivity contribution in [2.45, 2.75) is 26.4 Å². The van der Waals surface area contributed by atoms with Crippen molar-refractivity contribution in [3.63, 3.8) is 0 Å². The normalized spacial score (nSPS) is 12.4. The fourth-order valence-electron chi connectivity index (χ4n) is 3.27. The van der Waals surface area contributed by atoms with Crippen LogP contribution in [0.15, 0.2) is 64.1 Å². The minimum absolute atomic E-state index is 0.0917. The van der Waals surface area contributed by atoms with Gasteiger partial charge in [-0.25, -0.2) is 4.98 Å². The summed E-state index contributed by atoms with van der Waals surface area (Å²) in [6.07, 6.45) is 1.41. The molecule has 4 aromatic rings. The van der Waals surface area contributed by atoms with Crippen LogP contribution in [0.2, 0.25) is 0 Å². The minimum Gasteiger partial charge on any atom is -0.448 e. The van der Waals surface area contributed by atoms with E-state index in [1.807, 2.05) is 56.3 Å². The van der Waals surface area contributed by atoms with E-state index in [1.54, 1.807) is 18.0 Å². The number of aryl methyl sites for hydroxylation is 1.